The third kappa shape index (κ3) is 2.42. The van der Waals surface area contributed by atoms with E-state index in [0.717, 1.165) is 0 Å². The predicted octanol–water partition coefficient (Wildman–Crippen LogP) is 1.51. The van der Waals surface area contributed by atoms with Gasteiger partial charge in [0.15, 0.2) is 0 Å². The van der Waals surface area contributed by atoms with Crippen LogP contribution in [0.4, 0.5) is 0 Å². The molecule has 1 saturated heterocycles. The summed E-state index contributed by atoms with van der Waals surface area (Å²) in [4.78, 5) is 5.24. The van der Waals surface area contributed by atoms with E-state index in [0.29, 0.717) is 12.1 Å². The number of hydrogen-bond donors (Lipinski definition) is 1. The summed E-state index contributed by atoms with van der Waals surface area (Å²) in [6.07, 6.45) is 1.20. The fraction of sp³-hybridized carbons (Fsp3) is 0.625. The van der Waals surface area contributed by atoms with Crippen molar-refractivity contribution < 1.29 is 0 Å². The predicted molar refractivity (Wildman–Crippen MR) is 79.4 cm³/mol. The van der Waals surface area contributed by atoms with Crippen molar-refractivity contribution in [1.82, 2.24) is 15.1 Å². The maximum absolute atomic E-state index is 3.54. The van der Waals surface area contributed by atoms with Crippen molar-refractivity contribution in [3.05, 3.63) is 35.4 Å². The summed E-state index contributed by atoms with van der Waals surface area (Å²) in [5.41, 5.74) is 3.04. The van der Waals surface area contributed by atoms with Crippen LogP contribution in [0.3, 0.4) is 0 Å². The van der Waals surface area contributed by atoms with Gasteiger partial charge in [0.2, 0.25) is 0 Å². The average Bonchev–Trinajstić information content (AvgIpc) is 2.85. The zero-order chi connectivity index (χ0) is 13.2. The highest BCUT2D eigenvalue weighted by Crippen LogP contribution is 2.34. The first-order chi connectivity index (χ1) is 9.33. The van der Waals surface area contributed by atoms with Crippen molar-refractivity contribution in [1.29, 1.82) is 0 Å². The Morgan fingerprint density at radius 1 is 1.16 bits per heavy atom. The first-order valence-electron chi connectivity index (χ1n) is 7.55. The molecule has 104 valence electrons. The number of hydrogen-bond acceptors (Lipinski definition) is 3. The molecule has 0 aromatic heterocycles. The molecule has 1 N–H and O–H groups in total. The summed E-state index contributed by atoms with van der Waals surface area (Å²) < 4.78 is 0. The molecule has 2 atom stereocenters. The molecule has 19 heavy (non-hydrogen) atoms. The molecule has 1 fully saturated rings. The molecular formula is C16H25N3. The summed E-state index contributed by atoms with van der Waals surface area (Å²) in [5, 5.41) is 3.54. The van der Waals surface area contributed by atoms with Crippen LogP contribution in [0.5, 0.6) is 0 Å². The van der Waals surface area contributed by atoms with Crippen molar-refractivity contribution in [2.45, 2.75) is 25.4 Å². The first kappa shape index (κ1) is 13.1. The number of rotatable bonds is 3. The fourth-order valence-corrected chi connectivity index (χ4v) is 3.67. The van der Waals surface area contributed by atoms with Crippen molar-refractivity contribution in [3.63, 3.8) is 0 Å². The monoisotopic (exact) mass is 259 g/mol. The molecule has 1 heterocycles. The first-order valence-corrected chi connectivity index (χ1v) is 7.55. The minimum Gasteiger partial charge on any atom is -0.312 e. The van der Waals surface area contributed by atoms with E-state index in [1.54, 1.807) is 0 Å². The topological polar surface area (TPSA) is 18.5 Å². The zero-order valence-corrected chi connectivity index (χ0v) is 12.1. The molecule has 0 saturated carbocycles. The van der Waals surface area contributed by atoms with Crippen molar-refractivity contribution >= 4 is 0 Å². The van der Waals surface area contributed by atoms with Crippen molar-refractivity contribution in [3.8, 4) is 0 Å². The molecule has 0 amide bonds. The Bertz CT molecular complexity index is 424. The Kier molecular flexibility index (Phi) is 3.87. The van der Waals surface area contributed by atoms with Gasteiger partial charge in [-0.15, -0.1) is 0 Å². The van der Waals surface area contributed by atoms with Gasteiger partial charge in [-0.2, -0.15) is 0 Å². The Morgan fingerprint density at radius 2 is 1.89 bits per heavy atom. The van der Waals surface area contributed by atoms with Crippen LogP contribution >= 0.6 is 0 Å². The van der Waals surface area contributed by atoms with Crippen LogP contribution in [0.1, 0.15) is 24.1 Å². The standard InChI is InChI=1S/C16H25N3/c1-3-18-8-10-19(11-9-18)15-12-13-6-4-5-7-14(13)16(15)17-2/h4-7,15-17H,3,8-12H2,1-2H3. The van der Waals surface area contributed by atoms with Crippen molar-refractivity contribution in [2.24, 2.45) is 0 Å². The van der Waals surface area contributed by atoms with Crippen LogP contribution in [-0.4, -0.2) is 55.6 Å². The third-order valence-corrected chi connectivity index (χ3v) is 4.84. The third-order valence-electron chi connectivity index (χ3n) is 4.84. The number of nitrogens with zero attached hydrogens (tertiary/aromatic N) is 2. The average molecular weight is 259 g/mol. The Balaban J connectivity index is 1.73. The molecule has 0 radical (unpaired) electrons. The minimum atomic E-state index is 0.504. The van der Waals surface area contributed by atoms with Crippen LogP contribution in [0.15, 0.2) is 24.3 Å². The van der Waals surface area contributed by atoms with Gasteiger partial charge in [0, 0.05) is 38.3 Å². The summed E-state index contributed by atoms with van der Waals surface area (Å²) in [6, 6.07) is 10.1. The lowest BCUT2D eigenvalue weighted by molar-refractivity contribution is 0.0876. The highest BCUT2D eigenvalue weighted by atomic mass is 15.3. The van der Waals surface area contributed by atoms with Gasteiger partial charge in [0.25, 0.3) is 0 Å². The molecule has 1 aromatic carbocycles. The smallest absolute Gasteiger partial charge is 0.0481 e. The summed E-state index contributed by atoms with van der Waals surface area (Å²) in [5.74, 6) is 0. The summed E-state index contributed by atoms with van der Waals surface area (Å²) in [7, 11) is 2.10. The maximum atomic E-state index is 3.54. The molecule has 0 bridgehead atoms. The second-order valence-corrected chi connectivity index (χ2v) is 5.71. The normalized spacial score (nSPS) is 28.5. The maximum Gasteiger partial charge on any atom is 0.0481 e. The minimum absolute atomic E-state index is 0.504. The van der Waals surface area contributed by atoms with E-state index in [4.69, 9.17) is 0 Å². The van der Waals surface area contributed by atoms with E-state index in [2.05, 4.69) is 53.4 Å². The number of nitrogens with one attached hydrogen (secondary N) is 1. The van der Waals surface area contributed by atoms with Crippen molar-refractivity contribution in [2.75, 3.05) is 39.8 Å². The molecular weight excluding hydrogens is 234 g/mol. The SMILES string of the molecule is CCN1CCN(C2Cc3ccccc3C2NC)CC1. The number of fused-ring (bicyclic) bond motifs is 1. The van der Waals surface area contributed by atoms with Gasteiger partial charge in [0.05, 0.1) is 0 Å². The highest BCUT2D eigenvalue weighted by Gasteiger charge is 2.36. The highest BCUT2D eigenvalue weighted by molar-refractivity contribution is 5.37. The molecule has 1 aromatic rings. The lowest BCUT2D eigenvalue weighted by Gasteiger charge is -2.39. The summed E-state index contributed by atoms with van der Waals surface area (Å²) in [6.45, 7) is 8.32. The molecule has 3 nitrogen and oxygen atoms in total. The number of benzene rings is 1. The summed E-state index contributed by atoms with van der Waals surface area (Å²) >= 11 is 0. The van der Waals surface area contributed by atoms with Gasteiger partial charge < -0.3 is 10.2 Å². The molecule has 1 aliphatic heterocycles. The Labute approximate surface area is 116 Å². The van der Waals surface area contributed by atoms with E-state index >= 15 is 0 Å². The van der Waals surface area contributed by atoms with E-state index in [1.807, 2.05) is 0 Å². The lowest BCUT2D eigenvalue weighted by atomic mass is 10.1. The van der Waals surface area contributed by atoms with Crippen LogP contribution in [0.2, 0.25) is 0 Å². The Morgan fingerprint density at radius 3 is 2.58 bits per heavy atom. The van der Waals surface area contributed by atoms with E-state index < -0.39 is 0 Å². The molecule has 3 rings (SSSR count). The van der Waals surface area contributed by atoms with Crippen LogP contribution in [0, 0.1) is 0 Å². The molecule has 1 aliphatic carbocycles. The number of piperazine rings is 1. The van der Waals surface area contributed by atoms with E-state index in [-0.39, 0.29) is 0 Å². The second kappa shape index (κ2) is 5.61. The van der Waals surface area contributed by atoms with Crippen LogP contribution in [0.25, 0.3) is 0 Å². The molecule has 2 aliphatic rings. The van der Waals surface area contributed by atoms with E-state index in [1.165, 1.54) is 50.3 Å². The van der Waals surface area contributed by atoms with Crippen LogP contribution in [-0.2, 0) is 6.42 Å². The lowest BCUT2D eigenvalue weighted by Crippen LogP contribution is -2.52. The van der Waals surface area contributed by atoms with Gasteiger partial charge in [-0.3, -0.25) is 4.90 Å². The van der Waals surface area contributed by atoms with Gasteiger partial charge >= 0.3 is 0 Å². The number of likely N-dealkylation sites (N-methyl/N-ethyl adjacent to an activating group) is 2. The molecule has 0 spiro atoms. The second-order valence-electron chi connectivity index (χ2n) is 5.71. The van der Waals surface area contributed by atoms with Crippen LogP contribution < -0.4 is 5.32 Å². The van der Waals surface area contributed by atoms with Gasteiger partial charge in [0.1, 0.15) is 0 Å². The quantitative estimate of drug-likeness (QED) is 0.888. The zero-order valence-electron chi connectivity index (χ0n) is 12.1. The largest absolute Gasteiger partial charge is 0.312 e. The van der Waals surface area contributed by atoms with Gasteiger partial charge in [-0.25, -0.2) is 0 Å². The van der Waals surface area contributed by atoms with E-state index in [9.17, 15) is 0 Å². The molecule has 3 heteroatoms. The van der Waals surface area contributed by atoms with Gasteiger partial charge in [-0.1, -0.05) is 31.2 Å². The Hall–Kier alpha value is -0.900. The molecule has 2 unspecified atom stereocenters. The fourth-order valence-electron chi connectivity index (χ4n) is 3.67. The van der Waals surface area contributed by atoms with Gasteiger partial charge in [-0.05, 0) is 31.1 Å².